The van der Waals surface area contributed by atoms with Gasteiger partial charge in [-0.2, -0.15) is 0 Å². The Balaban J connectivity index is 4.35. The zero-order valence-electron chi connectivity index (χ0n) is 53.8. The molecule has 0 aliphatic heterocycles. The van der Waals surface area contributed by atoms with Crippen molar-refractivity contribution >= 4 is 17.9 Å². The van der Waals surface area contributed by atoms with Crippen molar-refractivity contribution in [2.24, 2.45) is 0 Å². The molecule has 0 spiro atoms. The van der Waals surface area contributed by atoms with Crippen molar-refractivity contribution in [3.63, 3.8) is 0 Å². The van der Waals surface area contributed by atoms with Crippen LogP contribution in [0, 0.1) is 0 Å². The molecule has 0 radical (unpaired) electrons. The second kappa shape index (κ2) is 69.1. The summed E-state index contributed by atoms with van der Waals surface area (Å²) in [6.45, 7) is 6.49. The van der Waals surface area contributed by atoms with Crippen LogP contribution in [0.3, 0.4) is 0 Å². The number of allylic oxidation sites excluding steroid dienone is 13. The summed E-state index contributed by atoms with van der Waals surface area (Å²) in [6.07, 6.45) is 92.1. The van der Waals surface area contributed by atoms with Crippen LogP contribution in [-0.2, 0) is 28.6 Å². The van der Waals surface area contributed by atoms with Gasteiger partial charge in [0.25, 0.3) is 0 Å². The van der Waals surface area contributed by atoms with E-state index in [0.717, 1.165) is 70.6 Å². The van der Waals surface area contributed by atoms with Gasteiger partial charge in [-0.1, -0.05) is 324 Å². The highest BCUT2D eigenvalue weighted by Crippen LogP contribution is 2.17. The third kappa shape index (κ3) is 67.3. The predicted molar refractivity (Wildman–Crippen MR) is 353 cm³/mol. The van der Waals surface area contributed by atoms with E-state index < -0.39 is 12.1 Å². The maximum Gasteiger partial charge on any atom is 0.309 e. The summed E-state index contributed by atoms with van der Waals surface area (Å²) in [7, 11) is 0. The highest BCUT2D eigenvalue weighted by molar-refractivity contribution is 5.72. The van der Waals surface area contributed by atoms with Gasteiger partial charge in [-0.05, 0) is 96.3 Å². The normalized spacial score (nSPS) is 12.6. The Morgan fingerprint density at radius 1 is 0.272 bits per heavy atom. The second-order valence-corrected chi connectivity index (χ2v) is 23.4. The van der Waals surface area contributed by atoms with E-state index >= 15 is 0 Å². The van der Waals surface area contributed by atoms with Gasteiger partial charge in [-0.15, -0.1) is 0 Å². The average Bonchev–Trinajstić information content (AvgIpc) is 3.47. The zero-order valence-corrected chi connectivity index (χ0v) is 53.8. The molecule has 0 saturated heterocycles. The van der Waals surface area contributed by atoms with Crippen LogP contribution in [0.15, 0.2) is 85.1 Å². The Kier molecular flexibility index (Phi) is 66.2. The van der Waals surface area contributed by atoms with Crippen LogP contribution in [0.25, 0.3) is 0 Å². The Labute approximate surface area is 503 Å². The summed E-state index contributed by atoms with van der Waals surface area (Å²) in [5, 5.41) is 0. The van der Waals surface area contributed by atoms with Crippen LogP contribution in [0.2, 0.25) is 0 Å². The predicted octanol–water partition coefficient (Wildman–Crippen LogP) is 24.2. The van der Waals surface area contributed by atoms with Crippen molar-refractivity contribution < 1.29 is 28.6 Å². The first kappa shape index (κ1) is 77.6. The molecule has 0 heterocycles. The van der Waals surface area contributed by atoms with Crippen LogP contribution in [0.1, 0.15) is 355 Å². The maximum atomic E-state index is 12.9. The maximum absolute atomic E-state index is 12.9. The Bertz CT molecular complexity index is 1530. The molecule has 1 unspecified atom stereocenters. The molecule has 0 bridgehead atoms. The summed E-state index contributed by atoms with van der Waals surface area (Å²) in [5.41, 5.74) is 0. The fourth-order valence-corrected chi connectivity index (χ4v) is 10.2. The van der Waals surface area contributed by atoms with Crippen molar-refractivity contribution in [2.75, 3.05) is 13.2 Å². The molecule has 6 heteroatoms. The van der Waals surface area contributed by atoms with Gasteiger partial charge in [-0.25, -0.2) is 0 Å². The minimum Gasteiger partial charge on any atom is -0.462 e. The molecule has 0 amide bonds. The number of unbranched alkanes of at least 4 members (excludes halogenated alkanes) is 40. The van der Waals surface area contributed by atoms with Crippen molar-refractivity contribution in [1.82, 2.24) is 0 Å². The minimum atomic E-state index is -0.818. The molecule has 81 heavy (non-hydrogen) atoms. The van der Waals surface area contributed by atoms with Gasteiger partial charge in [-0.3, -0.25) is 14.4 Å². The van der Waals surface area contributed by atoms with E-state index in [2.05, 4.69) is 93.7 Å². The van der Waals surface area contributed by atoms with E-state index in [1.54, 1.807) is 0 Å². The highest BCUT2D eigenvalue weighted by atomic mass is 16.6. The van der Waals surface area contributed by atoms with E-state index in [4.69, 9.17) is 14.2 Å². The fraction of sp³-hybridized carbons (Fsp3) is 0.773. The molecule has 0 aromatic heterocycles. The number of hydrogen-bond acceptors (Lipinski definition) is 6. The van der Waals surface area contributed by atoms with E-state index in [1.807, 2.05) is 12.2 Å². The molecule has 0 aliphatic carbocycles. The van der Waals surface area contributed by atoms with E-state index in [9.17, 15) is 14.4 Å². The number of ether oxygens (including phenoxy) is 3. The van der Waals surface area contributed by atoms with Crippen molar-refractivity contribution in [3.8, 4) is 0 Å². The van der Waals surface area contributed by atoms with Gasteiger partial charge >= 0.3 is 17.9 Å². The third-order valence-electron chi connectivity index (χ3n) is 15.4. The number of esters is 3. The summed E-state index contributed by atoms with van der Waals surface area (Å²) in [5.74, 6) is -1.02. The van der Waals surface area contributed by atoms with Crippen LogP contribution in [0.5, 0.6) is 0 Å². The summed E-state index contributed by atoms with van der Waals surface area (Å²) in [4.78, 5) is 38.4. The fourth-order valence-electron chi connectivity index (χ4n) is 10.2. The molecule has 0 fully saturated rings. The van der Waals surface area contributed by atoms with Crippen molar-refractivity contribution in [1.29, 1.82) is 0 Å². The topological polar surface area (TPSA) is 78.9 Å². The summed E-state index contributed by atoms with van der Waals surface area (Å²) < 4.78 is 16.9. The number of rotatable bonds is 64. The Morgan fingerprint density at radius 2 is 0.531 bits per heavy atom. The monoisotopic (exact) mass is 1130 g/mol. The van der Waals surface area contributed by atoms with Gasteiger partial charge < -0.3 is 14.2 Å². The third-order valence-corrected chi connectivity index (χ3v) is 15.4. The highest BCUT2D eigenvalue weighted by Gasteiger charge is 2.19. The molecular formula is C75H132O6. The lowest BCUT2D eigenvalue weighted by molar-refractivity contribution is -0.166. The van der Waals surface area contributed by atoms with Crippen LogP contribution in [-0.4, -0.2) is 37.2 Å². The van der Waals surface area contributed by atoms with Crippen molar-refractivity contribution in [2.45, 2.75) is 361 Å². The molecule has 6 nitrogen and oxygen atoms in total. The average molecular weight is 1130 g/mol. The molecule has 0 aromatic carbocycles. The molecule has 0 saturated carbocycles. The quantitative estimate of drug-likeness (QED) is 0.0261. The first-order valence-electron chi connectivity index (χ1n) is 35.1. The van der Waals surface area contributed by atoms with Crippen LogP contribution < -0.4 is 0 Å². The van der Waals surface area contributed by atoms with Crippen LogP contribution in [0.4, 0.5) is 0 Å². The second-order valence-electron chi connectivity index (χ2n) is 23.4. The van der Waals surface area contributed by atoms with Gasteiger partial charge in [0.1, 0.15) is 13.2 Å². The van der Waals surface area contributed by atoms with Crippen molar-refractivity contribution in [3.05, 3.63) is 85.1 Å². The number of carbonyl (C=O) groups is 3. The molecule has 1 atom stereocenters. The zero-order chi connectivity index (χ0) is 58.5. The molecule has 468 valence electrons. The number of carbonyl (C=O) groups excluding carboxylic acids is 3. The Morgan fingerprint density at radius 3 is 0.852 bits per heavy atom. The SMILES string of the molecule is CC/C=C\C/C=C\C/C=C\C/C=C\C/C=C\CC(=O)OCC(COC(=O)CCCCCCCCCCCCCCC/C=C\CCCCCCCCCC)OC(=O)CCCCCCCCCCCCC/C=C\CCCCCCCCCC. The molecule has 0 N–H and O–H groups in total. The molecule has 0 aromatic rings. The van der Waals surface area contributed by atoms with Gasteiger partial charge in [0.2, 0.25) is 0 Å². The first-order valence-corrected chi connectivity index (χ1v) is 35.1. The largest absolute Gasteiger partial charge is 0.462 e. The minimum absolute atomic E-state index is 0.104. The standard InChI is InChI=1S/C75H132O6/c1-4-7-10-13-16-19-22-25-28-30-32-34-36-37-39-40-42-44-47-50-53-56-59-62-65-68-74(77)80-71-72(70-79-73(76)67-64-61-58-55-52-49-46-27-24-21-18-15-12-9-6-3)81-75(78)69-66-63-60-57-54-51-48-45-43-41-38-35-33-31-29-26-23-20-17-14-11-8-5-2/h9,12,18,21,27,30-33,46,52,55,61,64,72H,4-8,10-11,13-17,19-20,22-26,28-29,34-45,47-51,53-54,56-60,62-63,65-71H2,1-3H3/b12-9-,21-18-,32-30-,33-31-,46-27-,55-52-,64-61-. The molecular weight excluding hydrogens is 997 g/mol. The van der Waals surface area contributed by atoms with E-state index in [0.29, 0.717) is 12.8 Å². The molecule has 0 aliphatic rings. The summed E-state index contributed by atoms with van der Waals surface area (Å²) >= 11 is 0. The van der Waals surface area contributed by atoms with E-state index in [1.165, 1.54) is 244 Å². The first-order chi connectivity index (χ1) is 40.0. The lowest BCUT2D eigenvalue weighted by atomic mass is 10.0. The Hall–Kier alpha value is -3.41. The van der Waals surface area contributed by atoms with Crippen LogP contribution >= 0.6 is 0 Å². The smallest absolute Gasteiger partial charge is 0.309 e. The summed E-state index contributed by atoms with van der Waals surface area (Å²) in [6, 6.07) is 0. The lowest BCUT2D eigenvalue weighted by Crippen LogP contribution is -2.30. The van der Waals surface area contributed by atoms with E-state index in [-0.39, 0.29) is 31.6 Å². The lowest BCUT2D eigenvalue weighted by Gasteiger charge is -2.18. The van der Waals surface area contributed by atoms with Gasteiger partial charge in [0.15, 0.2) is 6.10 Å². The van der Waals surface area contributed by atoms with Gasteiger partial charge in [0, 0.05) is 12.8 Å². The number of hydrogen-bond donors (Lipinski definition) is 0. The molecule has 0 rings (SSSR count). The van der Waals surface area contributed by atoms with Gasteiger partial charge in [0.05, 0.1) is 6.42 Å².